The quantitative estimate of drug-likeness (QED) is 0.836. The topological polar surface area (TPSA) is 50.4 Å². The zero-order valence-electron chi connectivity index (χ0n) is 11.7. The fourth-order valence-corrected chi connectivity index (χ4v) is 2.84. The van der Waals surface area contributed by atoms with Crippen LogP contribution in [0.1, 0.15) is 51.4 Å². The minimum atomic E-state index is 0. The molecule has 5 heteroatoms. The second kappa shape index (κ2) is 9.56. The maximum absolute atomic E-state index is 12.0. The van der Waals surface area contributed by atoms with E-state index in [2.05, 4.69) is 10.6 Å². The Kier molecular flexibility index (Phi) is 8.42. The highest BCUT2D eigenvalue weighted by Crippen LogP contribution is 2.17. The van der Waals surface area contributed by atoms with Crippen molar-refractivity contribution in [1.29, 1.82) is 0 Å². The average Bonchev–Trinajstić information content (AvgIpc) is 2.34. The molecule has 1 aliphatic carbocycles. The monoisotopic (exact) mass is 290 g/mol. The highest BCUT2D eigenvalue weighted by Gasteiger charge is 2.19. The summed E-state index contributed by atoms with van der Waals surface area (Å²) in [7, 11) is 0. The molecular weight excluding hydrogens is 264 g/mol. The molecular formula is C14H27ClN2O2. The molecule has 0 spiro atoms. The number of morpholine rings is 1. The lowest BCUT2D eigenvalue weighted by Crippen LogP contribution is -2.43. The van der Waals surface area contributed by atoms with Gasteiger partial charge in [0.1, 0.15) is 0 Å². The Bertz CT molecular complexity index is 250. The van der Waals surface area contributed by atoms with Crippen molar-refractivity contribution in [3.05, 3.63) is 0 Å². The minimum absolute atomic E-state index is 0. The lowest BCUT2D eigenvalue weighted by molar-refractivity contribution is -0.125. The SMILES string of the molecule is Cl.O=C(CC1CNCCO1)NC1CCCCCCC1. The lowest BCUT2D eigenvalue weighted by atomic mass is 9.96. The van der Waals surface area contributed by atoms with Gasteiger partial charge in [-0.05, 0) is 12.8 Å². The van der Waals surface area contributed by atoms with Crippen LogP contribution < -0.4 is 10.6 Å². The molecule has 4 nitrogen and oxygen atoms in total. The fraction of sp³-hybridized carbons (Fsp3) is 0.929. The van der Waals surface area contributed by atoms with Crippen LogP contribution in [-0.4, -0.2) is 37.7 Å². The lowest BCUT2D eigenvalue weighted by Gasteiger charge is -2.25. The first-order valence-corrected chi connectivity index (χ1v) is 7.46. The van der Waals surface area contributed by atoms with Gasteiger partial charge in [-0.1, -0.05) is 32.1 Å². The summed E-state index contributed by atoms with van der Waals surface area (Å²) in [5.74, 6) is 0.161. The molecule has 1 unspecified atom stereocenters. The molecule has 1 aliphatic heterocycles. The largest absolute Gasteiger partial charge is 0.375 e. The van der Waals surface area contributed by atoms with Gasteiger partial charge in [-0.15, -0.1) is 12.4 Å². The molecule has 2 aliphatic rings. The van der Waals surface area contributed by atoms with Gasteiger partial charge in [-0.2, -0.15) is 0 Å². The number of nitrogens with one attached hydrogen (secondary N) is 2. The van der Waals surface area contributed by atoms with E-state index in [-0.39, 0.29) is 24.4 Å². The molecule has 2 N–H and O–H groups in total. The van der Waals surface area contributed by atoms with E-state index in [1.54, 1.807) is 0 Å². The minimum Gasteiger partial charge on any atom is -0.375 e. The first-order chi connectivity index (χ1) is 8.84. The van der Waals surface area contributed by atoms with Crippen molar-refractivity contribution in [3.63, 3.8) is 0 Å². The van der Waals surface area contributed by atoms with Crippen LogP contribution in [0.4, 0.5) is 0 Å². The molecule has 1 saturated carbocycles. The molecule has 1 saturated heterocycles. The highest BCUT2D eigenvalue weighted by atomic mass is 35.5. The van der Waals surface area contributed by atoms with E-state index in [4.69, 9.17) is 4.74 Å². The summed E-state index contributed by atoms with van der Waals surface area (Å²) in [5, 5.41) is 6.44. The van der Waals surface area contributed by atoms with Crippen molar-refractivity contribution in [2.75, 3.05) is 19.7 Å². The number of ether oxygens (including phenoxy) is 1. The van der Waals surface area contributed by atoms with Crippen LogP contribution in [0.2, 0.25) is 0 Å². The third-order valence-electron chi connectivity index (χ3n) is 3.89. The number of carbonyl (C=O) groups excluding carboxylic acids is 1. The number of hydrogen-bond acceptors (Lipinski definition) is 3. The molecule has 19 heavy (non-hydrogen) atoms. The first kappa shape index (κ1) is 16.7. The van der Waals surface area contributed by atoms with Crippen LogP contribution in [0.15, 0.2) is 0 Å². The van der Waals surface area contributed by atoms with Gasteiger partial charge >= 0.3 is 0 Å². The second-order valence-corrected chi connectivity index (χ2v) is 5.51. The Hall–Kier alpha value is -0.320. The van der Waals surface area contributed by atoms with Crippen LogP contribution in [-0.2, 0) is 9.53 Å². The van der Waals surface area contributed by atoms with Crippen LogP contribution in [0, 0.1) is 0 Å². The van der Waals surface area contributed by atoms with Crippen molar-refractivity contribution in [3.8, 4) is 0 Å². The molecule has 2 fully saturated rings. The maximum atomic E-state index is 12.0. The van der Waals surface area contributed by atoms with Gasteiger partial charge in [0, 0.05) is 19.1 Å². The maximum Gasteiger partial charge on any atom is 0.222 e. The zero-order valence-corrected chi connectivity index (χ0v) is 12.5. The molecule has 2 rings (SSSR count). The molecule has 0 radical (unpaired) electrons. The van der Waals surface area contributed by atoms with Gasteiger partial charge in [0.25, 0.3) is 0 Å². The Morgan fingerprint density at radius 2 is 1.84 bits per heavy atom. The van der Waals surface area contributed by atoms with Crippen LogP contribution in [0.3, 0.4) is 0 Å². The Morgan fingerprint density at radius 3 is 2.47 bits per heavy atom. The van der Waals surface area contributed by atoms with Crippen molar-refractivity contribution in [1.82, 2.24) is 10.6 Å². The smallest absolute Gasteiger partial charge is 0.222 e. The standard InChI is InChI=1S/C14H26N2O2.ClH/c17-14(10-13-11-15-8-9-18-13)16-12-6-4-2-1-3-5-7-12;/h12-13,15H,1-11H2,(H,16,17);1H. The Labute approximate surface area is 122 Å². The number of hydrogen-bond donors (Lipinski definition) is 2. The molecule has 0 bridgehead atoms. The highest BCUT2D eigenvalue weighted by molar-refractivity contribution is 5.85. The van der Waals surface area contributed by atoms with Crippen LogP contribution in [0.25, 0.3) is 0 Å². The molecule has 1 atom stereocenters. The normalized spacial score (nSPS) is 25.8. The van der Waals surface area contributed by atoms with E-state index in [1.165, 1.54) is 32.1 Å². The summed E-state index contributed by atoms with van der Waals surface area (Å²) in [5.41, 5.74) is 0. The van der Waals surface area contributed by atoms with E-state index in [1.807, 2.05) is 0 Å². The fourth-order valence-electron chi connectivity index (χ4n) is 2.84. The predicted octanol–water partition coefficient (Wildman–Crippen LogP) is 2.02. The average molecular weight is 291 g/mol. The first-order valence-electron chi connectivity index (χ1n) is 7.46. The molecule has 0 aromatic heterocycles. The Balaban J connectivity index is 0.00000180. The third kappa shape index (κ3) is 6.59. The second-order valence-electron chi connectivity index (χ2n) is 5.51. The van der Waals surface area contributed by atoms with Crippen LogP contribution >= 0.6 is 12.4 Å². The predicted molar refractivity (Wildman–Crippen MR) is 78.7 cm³/mol. The summed E-state index contributed by atoms with van der Waals surface area (Å²) < 4.78 is 5.56. The van der Waals surface area contributed by atoms with Crippen molar-refractivity contribution >= 4 is 18.3 Å². The summed E-state index contributed by atoms with van der Waals surface area (Å²) in [4.78, 5) is 12.0. The number of halogens is 1. The summed E-state index contributed by atoms with van der Waals surface area (Å²) in [6, 6.07) is 0.398. The van der Waals surface area contributed by atoms with Gasteiger partial charge in [0.2, 0.25) is 5.91 Å². The van der Waals surface area contributed by atoms with Crippen LogP contribution in [0.5, 0.6) is 0 Å². The Morgan fingerprint density at radius 1 is 1.16 bits per heavy atom. The zero-order chi connectivity index (χ0) is 12.6. The van der Waals surface area contributed by atoms with Gasteiger partial charge in [0.15, 0.2) is 0 Å². The van der Waals surface area contributed by atoms with Gasteiger partial charge < -0.3 is 15.4 Å². The molecule has 0 aromatic rings. The molecule has 112 valence electrons. The molecule has 1 heterocycles. The van der Waals surface area contributed by atoms with E-state index in [9.17, 15) is 4.79 Å². The van der Waals surface area contributed by atoms with E-state index < -0.39 is 0 Å². The van der Waals surface area contributed by atoms with E-state index >= 15 is 0 Å². The van der Waals surface area contributed by atoms with E-state index in [0.717, 1.165) is 32.5 Å². The number of carbonyl (C=O) groups is 1. The van der Waals surface area contributed by atoms with E-state index in [0.29, 0.717) is 12.5 Å². The van der Waals surface area contributed by atoms with Gasteiger partial charge in [0.05, 0.1) is 19.1 Å². The summed E-state index contributed by atoms with van der Waals surface area (Å²) in [6.07, 6.45) is 9.38. The summed E-state index contributed by atoms with van der Waals surface area (Å²) in [6.45, 7) is 2.43. The number of rotatable bonds is 3. The number of amides is 1. The van der Waals surface area contributed by atoms with Crippen molar-refractivity contribution < 1.29 is 9.53 Å². The van der Waals surface area contributed by atoms with Gasteiger partial charge in [-0.3, -0.25) is 4.79 Å². The molecule has 0 aromatic carbocycles. The van der Waals surface area contributed by atoms with Crippen molar-refractivity contribution in [2.45, 2.75) is 63.5 Å². The molecule has 1 amide bonds. The third-order valence-corrected chi connectivity index (χ3v) is 3.89. The van der Waals surface area contributed by atoms with Crippen molar-refractivity contribution in [2.24, 2.45) is 0 Å². The summed E-state index contributed by atoms with van der Waals surface area (Å²) >= 11 is 0. The van der Waals surface area contributed by atoms with Gasteiger partial charge in [-0.25, -0.2) is 0 Å².